The maximum absolute atomic E-state index is 12.8. The molecular formula is C28H32O16. The van der Waals surface area contributed by atoms with E-state index < -0.39 is 85.8 Å². The Hall–Kier alpha value is -3.55. The summed E-state index contributed by atoms with van der Waals surface area (Å²) >= 11 is 0. The van der Waals surface area contributed by atoms with E-state index in [0.29, 0.717) is 5.56 Å². The smallest absolute Gasteiger partial charge is 0.229 e. The number of hydrogen-bond donors (Lipinski definition) is 9. The molecule has 0 spiro atoms. The molecule has 1 aromatic heterocycles. The van der Waals surface area contributed by atoms with Crippen LogP contribution >= 0.6 is 0 Å². The number of methoxy groups -OCH3 is 1. The molecule has 0 unspecified atom stereocenters. The Kier molecular flexibility index (Phi) is 9.28. The molecule has 0 amide bonds. The van der Waals surface area contributed by atoms with Crippen molar-refractivity contribution in [1.82, 2.24) is 0 Å². The van der Waals surface area contributed by atoms with E-state index in [2.05, 4.69) is 0 Å². The number of aliphatic hydroxyl groups is 7. The Labute approximate surface area is 248 Å². The highest BCUT2D eigenvalue weighted by Crippen LogP contribution is 2.35. The molecule has 9 N–H and O–H groups in total. The summed E-state index contributed by atoms with van der Waals surface area (Å²) in [5, 5.41) is 91.4. The lowest BCUT2D eigenvalue weighted by molar-refractivity contribution is -0.323. The lowest BCUT2D eigenvalue weighted by Crippen LogP contribution is -2.62. The van der Waals surface area contributed by atoms with Gasteiger partial charge in [0.15, 0.2) is 23.2 Å². The van der Waals surface area contributed by atoms with Crippen molar-refractivity contribution in [3.05, 3.63) is 46.6 Å². The Balaban J connectivity index is 1.36. The molecule has 2 aliphatic rings. The van der Waals surface area contributed by atoms with E-state index in [9.17, 15) is 50.8 Å². The van der Waals surface area contributed by atoms with Crippen LogP contribution < -0.4 is 14.9 Å². The fourth-order valence-electron chi connectivity index (χ4n) is 4.98. The van der Waals surface area contributed by atoms with E-state index in [1.807, 2.05) is 0 Å². The van der Waals surface area contributed by atoms with Gasteiger partial charge in [-0.1, -0.05) is 0 Å². The van der Waals surface area contributed by atoms with Crippen molar-refractivity contribution >= 4 is 11.0 Å². The van der Waals surface area contributed by atoms with E-state index in [4.69, 9.17) is 28.1 Å². The SMILES string of the molecule is COc1ccc(-c2cc(=O)c3c(O)cc(O[C@@H]4O[C@H](CO[C@@H]5O[C@H](CO)[C@@H](O)[C@H](O)[C@H]5O)[C@@H](O)[C@H](O)[C@H]4O)cc3o2)cc1O. The van der Waals surface area contributed by atoms with Crippen LogP contribution in [0.2, 0.25) is 0 Å². The standard InChI is InChI=1S/C28H32O16/c1-39-15-3-2-10(4-12(15)30)16-7-14(32)20-13(31)5-11(6-17(20)42-16)41-28-26(38)24(36)22(34)19(44-28)9-40-27-25(37)23(35)21(33)18(8-29)43-27/h2-7,18-19,21-31,33-38H,8-9H2,1H3/t18-,19-,21-,22-,23+,24+,25-,26-,27-,28-/m1/s1. The largest absolute Gasteiger partial charge is 0.507 e. The van der Waals surface area contributed by atoms with Crippen LogP contribution in [-0.2, 0) is 14.2 Å². The average molecular weight is 625 g/mol. The zero-order valence-electron chi connectivity index (χ0n) is 23.0. The fourth-order valence-corrected chi connectivity index (χ4v) is 4.98. The summed E-state index contributed by atoms with van der Waals surface area (Å²) < 4.78 is 32.7. The Morgan fingerprint density at radius 1 is 0.773 bits per heavy atom. The first-order valence-corrected chi connectivity index (χ1v) is 13.4. The van der Waals surface area contributed by atoms with Gasteiger partial charge in [0.05, 0.1) is 20.3 Å². The highest BCUT2D eigenvalue weighted by atomic mass is 16.7. The van der Waals surface area contributed by atoms with Gasteiger partial charge in [-0.2, -0.15) is 0 Å². The average Bonchev–Trinajstić information content (AvgIpc) is 3.00. The van der Waals surface area contributed by atoms with Crippen molar-refractivity contribution in [2.24, 2.45) is 0 Å². The van der Waals surface area contributed by atoms with Crippen LogP contribution in [0.15, 0.2) is 45.6 Å². The van der Waals surface area contributed by atoms with Gasteiger partial charge in [0.25, 0.3) is 0 Å². The van der Waals surface area contributed by atoms with Crippen molar-refractivity contribution in [1.29, 1.82) is 0 Å². The van der Waals surface area contributed by atoms with Gasteiger partial charge in [-0.25, -0.2) is 0 Å². The third-order valence-corrected chi connectivity index (χ3v) is 7.44. The molecule has 16 nitrogen and oxygen atoms in total. The molecule has 5 rings (SSSR count). The molecule has 3 heterocycles. The van der Waals surface area contributed by atoms with Gasteiger partial charge in [0, 0.05) is 23.8 Å². The van der Waals surface area contributed by atoms with Crippen molar-refractivity contribution in [3.63, 3.8) is 0 Å². The van der Waals surface area contributed by atoms with Gasteiger partial charge in [0.1, 0.15) is 77.1 Å². The summed E-state index contributed by atoms with van der Waals surface area (Å²) in [4.78, 5) is 12.8. The molecule has 240 valence electrons. The first-order chi connectivity index (χ1) is 20.9. The first kappa shape index (κ1) is 31.9. The second-order valence-electron chi connectivity index (χ2n) is 10.3. The van der Waals surface area contributed by atoms with Gasteiger partial charge >= 0.3 is 0 Å². The molecule has 16 heteroatoms. The predicted octanol–water partition coefficient (Wildman–Crippen LogP) is -2.12. The van der Waals surface area contributed by atoms with Gasteiger partial charge in [0.2, 0.25) is 6.29 Å². The van der Waals surface area contributed by atoms with E-state index in [1.165, 1.54) is 31.4 Å². The molecule has 0 saturated carbocycles. The lowest BCUT2D eigenvalue weighted by Gasteiger charge is -2.42. The van der Waals surface area contributed by atoms with Crippen LogP contribution in [0.25, 0.3) is 22.3 Å². The number of rotatable bonds is 8. The third kappa shape index (κ3) is 6.04. The molecule has 2 fully saturated rings. The third-order valence-electron chi connectivity index (χ3n) is 7.44. The minimum Gasteiger partial charge on any atom is -0.507 e. The normalized spacial score (nSPS) is 32.5. The highest BCUT2D eigenvalue weighted by Gasteiger charge is 2.48. The summed E-state index contributed by atoms with van der Waals surface area (Å²) in [7, 11) is 1.37. The van der Waals surface area contributed by atoms with Crippen LogP contribution in [-0.4, -0.2) is 128 Å². The summed E-state index contributed by atoms with van der Waals surface area (Å²) in [5.74, 6) is -0.685. The Morgan fingerprint density at radius 2 is 1.43 bits per heavy atom. The van der Waals surface area contributed by atoms with E-state index >= 15 is 0 Å². The maximum Gasteiger partial charge on any atom is 0.229 e. The monoisotopic (exact) mass is 624 g/mol. The summed E-state index contributed by atoms with van der Waals surface area (Å²) in [6.45, 7) is -1.28. The molecule has 0 aliphatic carbocycles. The molecule has 2 aromatic carbocycles. The van der Waals surface area contributed by atoms with E-state index in [0.717, 1.165) is 12.1 Å². The minimum absolute atomic E-state index is 0.0369. The Morgan fingerprint density at radius 3 is 2.09 bits per heavy atom. The number of hydrogen-bond acceptors (Lipinski definition) is 16. The molecule has 2 saturated heterocycles. The zero-order valence-corrected chi connectivity index (χ0v) is 23.0. The van der Waals surface area contributed by atoms with Crippen molar-refractivity contribution in [3.8, 4) is 34.3 Å². The van der Waals surface area contributed by atoms with Crippen LogP contribution in [0.3, 0.4) is 0 Å². The molecule has 3 aromatic rings. The fraction of sp³-hybridized carbons (Fsp3) is 0.464. The second-order valence-corrected chi connectivity index (χ2v) is 10.3. The number of aromatic hydroxyl groups is 2. The Bertz CT molecular complexity index is 1520. The van der Waals surface area contributed by atoms with Crippen LogP contribution in [0.4, 0.5) is 0 Å². The molecule has 2 aliphatic heterocycles. The number of ether oxygens (including phenoxy) is 5. The van der Waals surface area contributed by atoms with Gasteiger partial charge in [-0.15, -0.1) is 0 Å². The summed E-state index contributed by atoms with van der Waals surface area (Å²) in [6, 6.07) is 7.70. The van der Waals surface area contributed by atoms with Crippen molar-refractivity contribution in [2.45, 2.75) is 61.4 Å². The number of benzene rings is 2. The zero-order chi connectivity index (χ0) is 31.9. The number of phenolic OH excluding ortho intramolecular Hbond substituents is 2. The molecule has 10 atom stereocenters. The predicted molar refractivity (Wildman–Crippen MR) is 145 cm³/mol. The van der Waals surface area contributed by atoms with Crippen molar-refractivity contribution in [2.75, 3.05) is 20.3 Å². The first-order valence-electron chi connectivity index (χ1n) is 13.4. The van der Waals surface area contributed by atoms with Gasteiger partial charge in [-0.05, 0) is 18.2 Å². The maximum atomic E-state index is 12.8. The summed E-state index contributed by atoms with van der Waals surface area (Å²) in [5.41, 5.74) is -0.428. The van der Waals surface area contributed by atoms with Crippen LogP contribution in [0.5, 0.6) is 23.0 Å². The summed E-state index contributed by atoms with van der Waals surface area (Å²) in [6.07, 6.45) is -16.3. The highest BCUT2D eigenvalue weighted by molar-refractivity contribution is 5.86. The van der Waals surface area contributed by atoms with E-state index in [1.54, 1.807) is 0 Å². The van der Waals surface area contributed by atoms with E-state index in [-0.39, 0.29) is 34.0 Å². The van der Waals surface area contributed by atoms with Gasteiger partial charge < -0.3 is 74.1 Å². The molecule has 44 heavy (non-hydrogen) atoms. The number of phenols is 2. The number of aliphatic hydroxyl groups excluding tert-OH is 7. The molecular weight excluding hydrogens is 592 g/mol. The molecule has 0 radical (unpaired) electrons. The topological polar surface area (TPSA) is 258 Å². The lowest BCUT2D eigenvalue weighted by atomic mass is 9.98. The number of fused-ring (bicyclic) bond motifs is 1. The quantitative estimate of drug-likeness (QED) is 0.130. The molecule has 0 bridgehead atoms. The van der Waals surface area contributed by atoms with Crippen molar-refractivity contribution < 1.29 is 74.1 Å². The van der Waals surface area contributed by atoms with Gasteiger partial charge in [-0.3, -0.25) is 4.79 Å². The van der Waals surface area contributed by atoms with Crippen LogP contribution in [0, 0.1) is 0 Å². The van der Waals surface area contributed by atoms with Crippen LogP contribution in [0.1, 0.15) is 0 Å². The minimum atomic E-state index is -1.82. The second kappa shape index (κ2) is 12.8.